The minimum Gasteiger partial charge on any atom is -0.369 e. The predicted octanol–water partition coefficient (Wildman–Crippen LogP) is 1.14. The van der Waals surface area contributed by atoms with E-state index in [1.54, 1.807) is 0 Å². The van der Waals surface area contributed by atoms with Crippen LogP contribution in [0.3, 0.4) is 0 Å². The monoisotopic (exact) mass is 208 g/mol. The smallest absolute Gasteiger partial charge is 0.124 e. The summed E-state index contributed by atoms with van der Waals surface area (Å²) in [6, 6.07) is 2.07. The number of anilines is 1. The Kier molecular flexibility index (Phi) is 3.26. The number of hydrogen-bond acceptors (Lipinski definition) is 3. The van der Waals surface area contributed by atoms with Gasteiger partial charge in [-0.25, -0.2) is 0 Å². The van der Waals surface area contributed by atoms with Gasteiger partial charge >= 0.3 is 0 Å². The fourth-order valence-corrected chi connectivity index (χ4v) is 1.68. The van der Waals surface area contributed by atoms with Gasteiger partial charge in [-0.05, 0) is 32.2 Å². The first-order chi connectivity index (χ1) is 7.25. The number of aryl methyl sites for hydroxylation is 2. The molecule has 2 rings (SSSR count). The quantitative estimate of drug-likeness (QED) is 0.689. The maximum absolute atomic E-state index is 4.28. The Bertz CT molecular complexity index is 314. The summed E-state index contributed by atoms with van der Waals surface area (Å²) in [5.41, 5.74) is 1.06. The van der Waals surface area contributed by atoms with Crippen LogP contribution in [0.4, 0.5) is 5.82 Å². The van der Waals surface area contributed by atoms with E-state index in [1.165, 1.54) is 19.4 Å². The molecule has 1 fully saturated rings. The molecule has 1 aromatic rings. The number of hydrogen-bond donors (Lipinski definition) is 2. The van der Waals surface area contributed by atoms with Gasteiger partial charge in [-0.3, -0.25) is 4.68 Å². The lowest BCUT2D eigenvalue weighted by molar-refractivity contribution is 0.647. The zero-order valence-corrected chi connectivity index (χ0v) is 9.58. The van der Waals surface area contributed by atoms with Crippen molar-refractivity contribution in [2.75, 3.05) is 25.0 Å². The first kappa shape index (κ1) is 10.5. The van der Waals surface area contributed by atoms with Crippen LogP contribution in [0.25, 0.3) is 0 Å². The molecule has 0 amide bonds. The van der Waals surface area contributed by atoms with Crippen LogP contribution >= 0.6 is 0 Å². The van der Waals surface area contributed by atoms with Crippen molar-refractivity contribution in [1.29, 1.82) is 0 Å². The van der Waals surface area contributed by atoms with Crippen LogP contribution in [-0.2, 0) is 7.05 Å². The minimum atomic E-state index is 0.962. The maximum atomic E-state index is 4.28. The lowest BCUT2D eigenvalue weighted by Crippen LogP contribution is -2.24. The minimum absolute atomic E-state index is 0.962. The van der Waals surface area contributed by atoms with E-state index in [4.69, 9.17) is 0 Å². The van der Waals surface area contributed by atoms with Gasteiger partial charge in [-0.1, -0.05) is 0 Å². The van der Waals surface area contributed by atoms with Crippen molar-refractivity contribution < 1.29 is 0 Å². The average molecular weight is 208 g/mol. The summed E-state index contributed by atoms with van der Waals surface area (Å²) >= 11 is 0. The molecule has 0 bridgehead atoms. The molecular weight excluding hydrogens is 188 g/mol. The zero-order valence-electron chi connectivity index (χ0n) is 9.58. The molecule has 0 radical (unpaired) electrons. The van der Waals surface area contributed by atoms with E-state index >= 15 is 0 Å². The van der Waals surface area contributed by atoms with Gasteiger partial charge in [0.1, 0.15) is 5.82 Å². The molecule has 0 atom stereocenters. The van der Waals surface area contributed by atoms with E-state index in [0.717, 1.165) is 30.5 Å². The SMILES string of the molecule is Cc1cc(NCCNCC2CC2)n(C)n1. The summed E-state index contributed by atoms with van der Waals surface area (Å²) in [6.45, 7) is 5.19. The highest BCUT2D eigenvalue weighted by atomic mass is 15.3. The Labute approximate surface area is 91.1 Å². The third-order valence-corrected chi connectivity index (χ3v) is 2.74. The van der Waals surface area contributed by atoms with E-state index in [1.807, 2.05) is 18.7 Å². The molecule has 0 unspecified atom stereocenters. The first-order valence-corrected chi connectivity index (χ1v) is 5.71. The molecule has 84 valence electrons. The van der Waals surface area contributed by atoms with Gasteiger partial charge in [0.25, 0.3) is 0 Å². The average Bonchev–Trinajstić information content (AvgIpc) is 2.94. The Hall–Kier alpha value is -1.03. The Morgan fingerprint density at radius 3 is 2.87 bits per heavy atom. The van der Waals surface area contributed by atoms with Crippen molar-refractivity contribution in [1.82, 2.24) is 15.1 Å². The van der Waals surface area contributed by atoms with Crippen LogP contribution in [0.1, 0.15) is 18.5 Å². The van der Waals surface area contributed by atoms with E-state index < -0.39 is 0 Å². The fraction of sp³-hybridized carbons (Fsp3) is 0.727. The lowest BCUT2D eigenvalue weighted by atomic mass is 10.4. The second kappa shape index (κ2) is 4.66. The molecule has 0 aliphatic heterocycles. The molecule has 2 N–H and O–H groups in total. The molecule has 1 heterocycles. The van der Waals surface area contributed by atoms with Gasteiger partial charge in [-0.15, -0.1) is 0 Å². The molecule has 1 aliphatic carbocycles. The van der Waals surface area contributed by atoms with Crippen molar-refractivity contribution in [2.45, 2.75) is 19.8 Å². The highest BCUT2D eigenvalue weighted by Gasteiger charge is 2.19. The van der Waals surface area contributed by atoms with Crippen LogP contribution in [0, 0.1) is 12.8 Å². The second-order valence-electron chi connectivity index (χ2n) is 4.37. The van der Waals surface area contributed by atoms with Crippen molar-refractivity contribution in [3.05, 3.63) is 11.8 Å². The van der Waals surface area contributed by atoms with Gasteiger partial charge in [0.2, 0.25) is 0 Å². The molecule has 4 heteroatoms. The highest BCUT2D eigenvalue weighted by molar-refractivity contribution is 5.36. The van der Waals surface area contributed by atoms with E-state index in [0.29, 0.717) is 0 Å². The topological polar surface area (TPSA) is 41.9 Å². The lowest BCUT2D eigenvalue weighted by Gasteiger charge is -2.06. The summed E-state index contributed by atoms with van der Waals surface area (Å²) in [7, 11) is 1.97. The van der Waals surface area contributed by atoms with Crippen LogP contribution in [0.15, 0.2) is 6.07 Å². The summed E-state index contributed by atoms with van der Waals surface area (Å²) in [5, 5.41) is 11.1. The summed E-state index contributed by atoms with van der Waals surface area (Å²) in [5.74, 6) is 2.06. The Balaban J connectivity index is 1.62. The highest BCUT2D eigenvalue weighted by Crippen LogP contribution is 2.27. The van der Waals surface area contributed by atoms with E-state index in [-0.39, 0.29) is 0 Å². The van der Waals surface area contributed by atoms with Gasteiger partial charge in [0, 0.05) is 26.2 Å². The largest absolute Gasteiger partial charge is 0.369 e. The number of nitrogens with one attached hydrogen (secondary N) is 2. The third kappa shape index (κ3) is 3.23. The Morgan fingerprint density at radius 2 is 2.27 bits per heavy atom. The maximum Gasteiger partial charge on any atom is 0.124 e. The normalized spacial score (nSPS) is 15.6. The van der Waals surface area contributed by atoms with Crippen LogP contribution in [-0.4, -0.2) is 29.4 Å². The van der Waals surface area contributed by atoms with Crippen LogP contribution in [0.2, 0.25) is 0 Å². The fourth-order valence-electron chi connectivity index (χ4n) is 1.68. The molecule has 0 aromatic carbocycles. The molecule has 4 nitrogen and oxygen atoms in total. The van der Waals surface area contributed by atoms with Crippen molar-refractivity contribution in [3.63, 3.8) is 0 Å². The summed E-state index contributed by atoms with van der Waals surface area (Å²) in [4.78, 5) is 0. The molecular formula is C11H20N4. The third-order valence-electron chi connectivity index (χ3n) is 2.74. The number of rotatable bonds is 6. The van der Waals surface area contributed by atoms with Crippen molar-refractivity contribution in [3.8, 4) is 0 Å². The predicted molar refractivity (Wildman–Crippen MR) is 62.0 cm³/mol. The summed E-state index contributed by atoms with van der Waals surface area (Å²) in [6.07, 6.45) is 2.84. The molecule has 15 heavy (non-hydrogen) atoms. The van der Waals surface area contributed by atoms with Crippen LogP contribution in [0.5, 0.6) is 0 Å². The molecule has 0 saturated heterocycles. The number of nitrogens with zero attached hydrogens (tertiary/aromatic N) is 2. The van der Waals surface area contributed by atoms with Crippen molar-refractivity contribution in [2.24, 2.45) is 13.0 Å². The van der Waals surface area contributed by atoms with Gasteiger partial charge in [-0.2, -0.15) is 5.10 Å². The van der Waals surface area contributed by atoms with E-state index in [2.05, 4.69) is 21.8 Å². The summed E-state index contributed by atoms with van der Waals surface area (Å²) < 4.78 is 1.89. The van der Waals surface area contributed by atoms with Crippen LogP contribution < -0.4 is 10.6 Å². The molecule has 0 spiro atoms. The molecule has 1 aliphatic rings. The first-order valence-electron chi connectivity index (χ1n) is 5.71. The standard InChI is InChI=1S/C11H20N4/c1-9-7-11(15(2)14-9)13-6-5-12-8-10-3-4-10/h7,10,12-13H,3-6,8H2,1-2H3. The van der Waals surface area contributed by atoms with Gasteiger partial charge in [0.05, 0.1) is 5.69 Å². The second-order valence-corrected chi connectivity index (χ2v) is 4.37. The zero-order chi connectivity index (χ0) is 10.7. The van der Waals surface area contributed by atoms with Gasteiger partial charge in [0.15, 0.2) is 0 Å². The number of aromatic nitrogens is 2. The van der Waals surface area contributed by atoms with Crippen molar-refractivity contribution >= 4 is 5.82 Å². The molecule has 1 saturated carbocycles. The van der Waals surface area contributed by atoms with Gasteiger partial charge < -0.3 is 10.6 Å². The van der Waals surface area contributed by atoms with E-state index in [9.17, 15) is 0 Å². The molecule has 1 aromatic heterocycles. The Morgan fingerprint density at radius 1 is 1.47 bits per heavy atom.